The Morgan fingerprint density at radius 1 is 1.70 bits per heavy atom. The zero-order valence-corrected chi connectivity index (χ0v) is 6.26. The highest BCUT2D eigenvalue weighted by molar-refractivity contribution is 5.85. The van der Waals surface area contributed by atoms with Gasteiger partial charge in [-0.05, 0) is 25.2 Å². The lowest BCUT2D eigenvalue weighted by atomic mass is 9.91. The molecule has 1 amide bonds. The van der Waals surface area contributed by atoms with Crippen molar-refractivity contribution in [3.63, 3.8) is 0 Å². The van der Waals surface area contributed by atoms with E-state index in [1.54, 1.807) is 0 Å². The van der Waals surface area contributed by atoms with Crippen molar-refractivity contribution in [3.05, 3.63) is 0 Å². The van der Waals surface area contributed by atoms with Crippen molar-refractivity contribution in [3.8, 4) is 0 Å². The minimum absolute atomic E-state index is 0.350. The van der Waals surface area contributed by atoms with Gasteiger partial charge in [-0.3, -0.25) is 4.79 Å². The first-order chi connectivity index (χ1) is 4.61. The maximum Gasteiger partial charge on any atom is 0.237 e. The highest BCUT2D eigenvalue weighted by atomic mass is 16.1. The van der Waals surface area contributed by atoms with E-state index < -0.39 is 5.54 Å². The molecule has 1 aliphatic carbocycles. The largest absolute Gasteiger partial charge is 0.368 e. The van der Waals surface area contributed by atoms with Crippen LogP contribution in [0.3, 0.4) is 0 Å². The summed E-state index contributed by atoms with van der Waals surface area (Å²) in [6.07, 6.45) is 2.79. The predicted octanol–water partition coefficient (Wildman–Crippen LogP) is -0.0108. The summed E-state index contributed by atoms with van der Waals surface area (Å²) < 4.78 is 0. The van der Waals surface area contributed by atoms with Crippen molar-refractivity contribution in [2.45, 2.75) is 31.7 Å². The van der Waals surface area contributed by atoms with E-state index in [9.17, 15) is 4.79 Å². The SMILES string of the molecule is CCC(N)(C(N)=O)C1CC1. The Kier molecular flexibility index (Phi) is 1.68. The molecular weight excluding hydrogens is 128 g/mol. The van der Waals surface area contributed by atoms with Gasteiger partial charge in [0.15, 0.2) is 0 Å². The Labute approximate surface area is 60.8 Å². The molecule has 10 heavy (non-hydrogen) atoms. The van der Waals surface area contributed by atoms with E-state index in [-0.39, 0.29) is 5.91 Å². The fourth-order valence-corrected chi connectivity index (χ4v) is 1.26. The third kappa shape index (κ3) is 1.01. The maximum atomic E-state index is 10.8. The van der Waals surface area contributed by atoms with Crippen LogP contribution in [0.5, 0.6) is 0 Å². The zero-order valence-electron chi connectivity index (χ0n) is 6.26. The predicted molar refractivity (Wildman–Crippen MR) is 39.1 cm³/mol. The van der Waals surface area contributed by atoms with Crippen molar-refractivity contribution < 1.29 is 4.79 Å². The summed E-state index contributed by atoms with van der Waals surface area (Å²) in [5.74, 6) is 0.00694. The summed E-state index contributed by atoms with van der Waals surface area (Å²) in [4.78, 5) is 10.8. The average molecular weight is 142 g/mol. The standard InChI is InChI=1S/C7H14N2O/c1-2-7(9,6(8)10)5-3-4-5/h5H,2-4,9H2,1H3,(H2,8,10). The first kappa shape index (κ1) is 7.54. The summed E-state index contributed by atoms with van der Waals surface area (Å²) in [6, 6.07) is 0. The third-order valence-electron chi connectivity index (χ3n) is 2.35. The molecule has 0 radical (unpaired) electrons. The normalized spacial score (nSPS) is 23.8. The van der Waals surface area contributed by atoms with E-state index in [0.29, 0.717) is 12.3 Å². The number of amides is 1. The van der Waals surface area contributed by atoms with Crippen LogP contribution < -0.4 is 11.5 Å². The van der Waals surface area contributed by atoms with Gasteiger partial charge in [-0.15, -0.1) is 0 Å². The van der Waals surface area contributed by atoms with E-state index in [1.165, 1.54) is 0 Å². The second kappa shape index (κ2) is 2.23. The Balaban J connectivity index is 2.65. The molecule has 0 aromatic rings. The maximum absolute atomic E-state index is 10.8. The lowest BCUT2D eigenvalue weighted by molar-refractivity contribution is -0.124. The Bertz CT molecular complexity index is 154. The van der Waals surface area contributed by atoms with Crippen molar-refractivity contribution in [1.29, 1.82) is 0 Å². The van der Waals surface area contributed by atoms with Gasteiger partial charge < -0.3 is 11.5 Å². The number of carbonyl (C=O) groups excluding carboxylic acids is 1. The van der Waals surface area contributed by atoms with Gasteiger partial charge >= 0.3 is 0 Å². The van der Waals surface area contributed by atoms with Crippen molar-refractivity contribution in [2.75, 3.05) is 0 Å². The van der Waals surface area contributed by atoms with Crippen molar-refractivity contribution in [2.24, 2.45) is 17.4 Å². The van der Waals surface area contributed by atoms with Gasteiger partial charge in [-0.1, -0.05) is 6.92 Å². The van der Waals surface area contributed by atoms with Crippen LogP contribution in [-0.2, 0) is 4.79 Å². The zero-order chi connectivity index (χ0) is 7.78. The van der Waals surface area contributed by atoms with E-state index in [4.69, 9.17) is 11.5 Å². The molecule has 1 atom stereocenters. The van der Waals surface area contributed by atoms with Crippen LogP contribution in [0, 0.1) is 5.92 Å². The summed E-state index contributed by atoms with van der Waals surface area (Å²) in [6.45, 7) is 1.91. The quantitative estimate of drug-likeness (QED) is 0.582. The summed E-state index contributed by atoms with van der Waals surface area (Å²) in [7, 11) is 0. The van der Waals surface area contributed by atoms with Gasteiger partial charge in [-0.25, -0.2) is 0 Å². The molecule has 0 aromatic heterocycles. The van der Waals surface area contributed by atoms with Crippen LogP contribution >= 0.6 is 0 Å². The first-order valence-electron chi connectivity index (χ1n) is 3.70. The first-order valence-corrected chi connectivity index (χ1v) is 3.70. The molecule has 1 unspecified atom stereocenters. The number of hydrogen-bond donors (Lipinski definition) is 2. The average Bonchev–Trinajstić information content (AvgIpc) is 2.67. The van der Waals surface area contributed by atoms with Crippen LogP contribution in [0.15, 0.2) is 0 Å². The van der Waals surface area contributed by atoms with Gasteiger partial charge in [0, 0.05) is 0 Å². The van der Waals surface area contributed by atoms with Crippen LogP contribution in [0.4, 0.5) is 0 Å². The van der Waals surface area contributed by atoms with E-state index >= 15 is 0 Å². The summed E-state index contributed by atoms with van der Waals surface area (Å²) >= 11 is 0. The molecule has 0 bridgehead atoms. The minimum atomic E-state index is -0.708. The molecule has 0 aromatic carbocycles. The lowest BCUT2D eigenvalue weighted by Gasteiger charge is -2.23. The molecule has 1 aliphatic rings. The van der Waals surface area contributed by atoms with E-state index in [2.05, 4.69) is 0 Å². The molecule has 1 rings (SSSR count). The van der Waals surface area contributed by atoms with Gasteiger partial charge in [0.05, 0.1) is 5.54 Å². The monoisotopic (exact) mass is 142 g/mol. The lowest BCUT2D eigenvalue weighted by Crippen LogP contribution is -2.53. The molecule has 0 spiro atoms. The van der Waals surface area contributed by atoms with Crippen LogP contribution in [0.25, 0.3) is 0 Å². The van der Waals surface area contributed by atoms with Crippen LogP contribution in [0.2, 0.25) is 0 Å². The number of rotatable bonds is 3. The Morgan fingerprint density at radius 3 is 2.30 bits per heavy atom. The highest BCUT2D eigenvalue weighted by Gasteiger charge is 2.45. The number of nitrogens with two attached hydrogens (primary N) is 2. The fraction of sp³-hybridized carbons (Fsp3) is 0.857. The topological polar surface area (TPSA) is 69.1 Å². The molecule has 0 heterocycles. The second-order valence-electron chi connectivity index (χ2n) is 3.03. The summed E-state index contributed by atoms with van der Waals surface area (Å²) in [5, 5.41) is 0. The number of carbonyl (C=O) groups is 1. The van der Waals surface area contributed by atoms with Gasteiger partial charge in [-0.2, -0.15) is 0 Å². The number of hydrogen-bond acceptors (Lipinski definition) is 2. The third-order valence-corrected chi connectivity index (χ3v) is 2.35. The van der Waals surface area contributed by atoms with Crippen molar-refractivity contribution in [1.82, 2.24) is 0 Å². The minimum Gasteiger partial charge on any atom is -0.368 e. The van der Waals surface area contributed by atoms with Gasteiger partial charge in [0.1, 0.15) is 0 Å². The molecule has 4 N–H and O–H groups in total. The van der Waals surface area contributed by atoms with E-state index in [0.717, 1.165) is 12.8 Å². The highest BCUT2D eigenvalue weighted by Crippen LogP contribution is 2.39. The van der Waals surface area contributed by atoms with Gasteiger partial charge in [0.25, 0.3) is 0 Å². The van der Waals surface area contributed by atoms with E-state index in [1.807, 2.05) is 6.92 Å². The van der Waals surface area contributed by atoms with Crippen LogP contribution in [0.1, 0.15) is 26.2 Å². The molecule has 58 valence electrons. The molecule has 1 fully saturated rings. The second-order valence-corrected chi connectivity index (χ2v) is 3.03. The Morgan fingerprint density at radius 2 is 2.20 bits per heavy atom. The van der Waals surface area contributed by atoms with Gasteiger partial charge in [0.2, 0.25) is 5.91 Å². The molecule has 0 saturated heterocycles. The molecule has 1 saturated carbocycles. The molecule has 0 aliphatic heterocycles. The molecule has 3 nitrogen and oxygen atoms in total. The molecular formula is C7H14N2O. The molecule has 3 heteroatoms. The smallest absolute Gasteiger partial charge is 0.237 e. The number of primary amides is 1. The Hall–Kier alpha value is -0.570. The van der Waals surface area contributed by atoms with Crippen LogP contribution in [-0.4, -0.2) is 11.4 Å². The fourth-order valence-electron chi connectivity index (χ4n) is 1.26. The summed E-state index contributed by atoms with van der Waals surface area (Å²) in [5.41, 5.74) is 10.2. The van der Waals surface area contributed by atoms with Crippen molar-refractivity contribution >= 4 is 5.91 Å².